The van der Waals surface area contributed by atoms with Crippen LogP contribution in [0.2, 0.25) is 0 Å². The van der Waals surface area contributed by atoms with E-state index in [2.05, 4.69) is 46.9 Å². The van der Waals surface area contributed by atoms with E-state index in [-0.39, 0.29) is 24.8 Å². The molecule has 14 heavy (non-hydrogen) atoms. The van der Waals surface area contributed by atoms with Crippen molar-refractivity contribution in [2.45, 2.75) is 13.0 Å². The second-order valence-electron chi connectivity index (χ2n) is 3.47. The van der Waals surface area contributed by atoms with Gasteiger partial charge in [-0.3, -0.25) is 0 Å². The Bertz CT molecular complexity index is 236. The molecule has 1 rings (SSSR count). The Labute approximate surface area is 98.5 Å². The molecular formula is C9H19Cl2N3. The molecule has 0 amide bonds. The Morgan fingerprint density at radius 1 is 1.36 bits per heavy atom. The molecular weight excluding hydrogens is 221 g/mol. The van der Waals surface area contributed by atoms with Crippen LogP contribution in [0.15, 0.2) is 18.7 Å². The van der Waals surface area contributed by atoms with Crippen molar-refractivity contribution >= 4 is 12.4 Å². The standard InChI is InChI=1S/C9H18N3.2ClH/c1-10(2)5-4-6-12-8-7-11(3)9-12;;/h7-9H,4-6H2,1-3H3;2*1H/q+1;;/p-1. The molecule has 0 radical (unpaired) electrons. The minimum Gasteiger partial charge on any atom is -1.00 e. The number of aromatic nitrogens is 2. The summed E-state index contributed by atoms with van der Waals surface area (Å²) in [6.45, 7) is 2.26. The van der Waals surface area contributed by atoms with Gasteiger partial charge in [0, 0.05) is 6.54 Å². The molecule has 1 aromatic rings. The maximum atomic E-state index is 2.21. The lowest BCUT2D eigenvalue weighted by Gasteiger charge is -2.06. The third-order valence-electron chi connectivity index (χ3n) is 1.85. The van der Waals surface area contributed by atoms with Crippen molar-refractivity contribution in [3.05, 3.63) is 18.7 Å². The molecule has 0 fully saturated rings. The number of rotatable bonds is 4. The van der Waals surface area contributed by atoms with Gasteiger partial charge in [-0.25, -0.2) is 9.13 Å². The quantitative estimate of drug-likeness (QED) is 0.539. The molecule has 84 valence electrons. The third-order valence-corrected chi connectivity index (χ3v) is 1.85. The van der Waals surface area contributed by atoms with Crippen molar-refractivity contribution in [2.75, 3.05) is 20.6 Å². The largest absolute Gasteiger partial charge is 1.00 e. The number of hydrogen-bond donors (Lipinski definition) is 0. The van der Waals surface area contributed by atoms with E-state index in [9.17, 15) is 0 Å². The molecule has 0 N–H and O–H groups in total. The van der Waals surface area contributed by atoms with Gasteiger partial charge in [0.15, 0.2) is 0 Å². The van der Waals surface area contributed by atoms with Gasteiger partial charge >= 0.3 is 0 Å². The van der Waals surface area contributed by atoms with Gasteiger partial charge in [0.1, 0.15) is 12.4 Å². The second kappa shape index (κ2) is 8.09. The predicted octanol–water partition coefficient (Wildman–Crippen LogP) is -2.31. The number of halogens is 2. The van der Waals surface area contributed by atoms with Crippen molar-refractivity contribution in [1.82, 2.24) is 9.47 Å². The van der Waals surface area contributed by atoms with Crippen LogP contribution in [0, 0.1) is 0 Å². The molecule has 1 aromatic heterocycles. The molecule has 0 unspecified atom stereocenters. The van der Waals surface area contributed by atoms with E-state index >= 15 is 0 Å². The van der Waals surface area contributed by atoms with E-state index in [4.69, 9.17) is 0 Å². The van der Waals surface area contributed by atoms with Crippen LogP contribution in [0.5, 0.6) is 0 Å². The fraction of sp³-hybridized carbons (Fsp3) is 0.667. The van der Waals surface area contributed by atoms with E-state index in [0.29, 0.717) is 0 Å². The van der Waals surface area contributed by atoms with E-state index in [1.807, 2.05) is 7.05 Å². The van der Waals surface area contributed by atoms with Crippen molar-refractivity contribution < 1.29 is 17.0 Å². The van der Waals surface area contributed by atoms with Gasteiger partial charge in [0.25, 0.3) is 0 Å². The Kier molecular flexibility index (Phi) is 9.36. The van der Waals surface area contributed by atoms with E-state index in [0.717, 1.165) is 13.1 Å². The smallest absolute Gasteiger partial charge is 0.243 e. The van der Waals surface area contributed by atoms with Crippen LogP contribution in [0.3, 0.4) is 0 Å². The summed E-state index contributed by atoms with van der Waals surface area (Å²) in [5.41, 5.74) is 0. The molecule has 3 nitrogen and oxygen atoms in total. The highest BCUT2D eigenvalue weighted by molar-refractivity contribution is 5.85. The Morgan fingerprint density at radius 2 is 2.00 bits per heavy atom. The molecule has 0 saturated carbocycles. The Morgan fingerprint density at radius 3 is 2.43 bits per heavy atom. The minimum absolute atomic E-state index is 0. The molecule has 0 aromatic carbocycles. The number of nitrogens with zero attached hydrogens (tertiary/aromatic N) is 3. The summed E-state index contributed by atoms with van der Waals surface area (Å²) in [6.07, 6.45) is 7.49. The van der Waals surface area contributed by atoms with Crippen LogP contribution in [-0.4, -0.2) is 30.1 Å². The van der Waals surface area contributed by atoms with Gasteiger partial charge in [0.05, 0.1) is 13.6 Å². The van der Waals surface area contributed by atoms with Crippen molar-refractivity contribution in [1.29, 1.82) is 0 Å². The zero-order valence-electron chi connectivity index (χ0n) is 8.98. The summed E-state index contributed by atoms with van der Waals surface area (Å²) in [6, 6.07) is 0. The lowest BCUT2D eigenvalue weighted by atomic mass is 10.4. The lowest BCUT2D eigenvalue weighted by molar-refractivity contribution is -0.671. The van der Waals surface area contributed by atoms with Crippen LogP contribution >= 0.6 is 12.4 Å². The van der Waals surface area contributed by atoms with Crippen LogP contribution in [-0.2, 0) is 13.6 Å². The predicted molar refractivity (Wildman–Crippen MR) is 56.0 cm³/mol. The summed E-state index contributed by atoms with van der Waals surface area (Å²) >= 11 is 0. The van der Waals surface area contributed by atoms with Crippen molar-refractivity contribution in [3.8, 4) is 0 Å². The summed E-state index contributed by atoms with van der Waals surface area (Å²) < 4.78 is 4.28. The number of aryl methyl sites for hydroxylation is 2. The maximum absolute atomic E-state index is 2.21. The average molecular weight is 240 g/mol. The first-order valence-electron chi connectivity index (χ1n) is 4.34. The molecule has 0 aliphatic heterocycles. The zero-order valence-corrected chi connectivity index (χ0v) is 10.6. The van der Waals surface area contributed by atoms with Crippen LogP contribution in [0.25, 0.3) is 0 Å². The van der Waals surface area contributed by atoms with Crippen LogP contribution in [0.4, 0.5) is 0 Å². The van der Waals surface area contributed by atoms with Crippen molar-refractivity contribution in [3.63, 3.8) is 0 Å². The highest BCUT2D eigenvalue weighted by Crippen LogP contribution is 1.90. The van der Waals surface area contributed by atoms with Gasteiger partial charge in [-0.2, -0.15) is 0 Å². The van der Waals surface area contributed by atoms with E-state index in [1.165, 1.54) is 6.42 Å². The molecule has 0 spiro atoms. The lowest BCUT2D eigenvalue weighted by Crippen LogP contribution is -3.00. The maximum Gasteiger partial charge on any atom is 0.243 e. The number of imidazole rings is 1. The molecule has 1 heterocycles. The zero-order chi connectivity index (χ0) is 8.97. The molecule has 0 aliphatic carbocycles. The fourth-order valence-electron chi connectivity index (χ4n) is 1.20. The summed E-state index contributed by atoms with van der Waals surface area (Å²) in [7, 11) is 6.26. The summed E-state index contributed by atoms with van der Waals surface area (Å²) in [5, 5.41) is 0. The van der Waals surface area contributed by atoms with Crippen LogP contribution in [0.1, 0.15) is 6.42 Å². The van der Waals surface area contributed by atoms with Crippen LogP contribution < -0.4 is 17.0 Å². The first kappa shape index (κ1) is 16.2. The molecule has 0 bridgehead atoms. The highest BCUT2D eigenvalue weighted by atomic mass is 35.5. The van der Waals surface area contributed by atoms with E-state index < -0.39 is 0 Å². The molecule has 0 saturated heterocycles. The monoisotopic (exact) mass is 239 g/mol. The Balaban J connectivity index is 0. The topological polar surface area (TPSA) is 12.1 Å². The molecule has 0 aliphatic rings. The first-order valence-corrected chi connectivity index (χ1v) is 4.34. The average Bonchev–Trinajstić information content (AvgIpc) is 2.35. The summed E-state index contributed by atoms with van der Waals surface area (Å²) in [4.78, 5) is 2.21. The van der Waals surface area contributed by atoms with Gasteiger partial charge < -0.3 is 17.3 Å². The second-order valence-corrected chi connectivity index (χ2v) is 3.47. The van der Waals surface area contributed by atoms with Gasteiger partial charge in [-0.05, 0) is 20.5 Å². The third kappa shape index (κ3) is 6.24. The summed E-state index contributed by atoms with van der Waals surface area (Å²) in [5.74, 6) is 0. The van der Waals surface area contributed by atoms with Gasteiger partial charge in [-0.15, -0.1) is 12.4 Å². The number of hydrogen-bond acceptors (Lipinski definition) is 1. The Hall–Kier alpha value is -0.250. The molecule has 5 heteroatoms. The van der Waals surface area contributed by atoms with E-state index in [1.54, 1.807) is 0 Å². The molecule has 0 atom stereocenters. The van der Waals surface area contributed by atoms with Crippen molar-refractivity contribution in [2.24, 2.45) is 7.05 Å². The minimum atomic E-state index is 0. The fourth-order valence-corrected chi connectivity index (χ4v) is 1.20. The van der Waals surface area contributed by atoms with Gasteiger partial charge in [-0.1, -0.05) is 0 Å². The normalized spacial score (nSPS) is 9.43. The first-order chi connectivity index (χ1) is 5.68. The SMILES string of the molecule is CN(C)CCCn1cc[n+](C)c1.Cl.[Cl-]. The highest BCUT2D eigenvalue weighted by Gasteiger charge is 1.99. The van der Waals surface area contributed by atoms with Gasteiger partial charge in [0.2, 0.25) is 6.33 Å².